The minimum Gasteiger partial charge on any atom is -0.478 e. The molecule has 1 rings (SSSR count). The number of carbonyl (C=O) groups is 2. The normalized spacial score (nSPS) is 12.3. The SMILES string of the molecule is CCCCCc1ccc(/C=C/C(=O)N/C=C/C=C\C=C(/C)C(=O)O)cc1. The molecule has 0 saturated carbocycles. The molecule has 0 heterocycles. The van der Waals surface area contributed by atoms with Gasteiger partial charge in [-0.15, -0.1) is 0 Å². The number of benzene rings is 1. The van der Waals surface area contributed by atoms with E-state index in [1.54, 1.807) is 24.3 Å². The molecule has 4 nitrogen and oxygen atoms in total. The van der Waals surface area contributed by atoms with E-state index in [4.69, 9.17) is 5.11 Å². The largest absolute Gasteiger partial charge is 0.478 e. The number of hydrogen-bond acceptors (Lipinski definition) is 2. The minimum absolute atomic E-state index is 0.223. The van der Waals surface area contributed by atoms with Crippen LogP contribution in [0.25, 0.3) is 6.08 Å². The van der Waals surface area contributed by atoms with Gasteiger partial charge in [-0.25, -0.2) is 4.79 Å². The van der Waals surface area contributed by atoms with E-state index in [1.165, 1.54) is 50.1 Å². The predicted molar refractivity (Wildman–Crippen MR) is 107 cm³/mol. The monoisotopic (exact) mass is 353 g/mol. The van der Waals surface area contributed by atoms with Crippen molar-refractivity contribution in [1.82, 2.24) is 5.32 Å². The summed E-state index contributed by atoms with van der Waals surface area (Å²) in [4.78, 5) is 22.3. The molecule has 0 spiro atoms. The number of carboxylic acids is 1. The second-order valence-electron chi connectivity index (χ2n) is 5.94. The molecule has 0 atom stereocenters. The zero-order valence-corrected chi connectivity index (χ0v) is 15.4. The average Bonchev–Trinajstić information content (AvgIpc) is 2.63. The molecule has 1 amide bonds. The van der Waals surface area contributed by atoms with Gasteiger partial charge < -0.3 is 10.4 Å². The lowest BCUT2D eigenvalue weighted by Crippen LogP contribution is -2.12. The molecule has 4 heteroatoms. The summed E-state index contributed by atoms with van der Waals surface area (Å²) >= 11 is 0. The number of amides is 1. The smallest absolute Gasteiger partial charge is 0.331 e. The second kappa shape index (κ2) is 12.5. The quantitative estimate of drug-likeness (QED) is 0.365. The highest BCUT2D eigenvalue weighted by Crippen LogP contribution is 2.10. The number of rotatable bonds is 10. The van der Waals surface area contributed by atoms with Crippen molar-refractivity contribution in [2.45, 2.75) is 39.5 Å². The molecular formula is C22H27NO3. The molecule has 1 aromatic rings. The van der Waals surface area contributed by atoms with Crippen LogP contribution in [0, 0.1) is 0 Å². The molecule has 2 N–H and O–H groups in total. The number of allylic oxidation sites excluding steroid dienone is 4. The lowest BCUT2D eigenvalue weighted by Gasteiger charge is -2.01. The van der Waals surface area contributed by atoms with Crippen LogP contribution in [0.4, 0.5) is 0 Å². The van der Waals surface area contributed by atoms with Gasteiger partial charge in [0.2, 0.25) is 5.91 Å². The third kappa shape index (κ3) is 9.42. The first-order valence-corrected chi connectivity index (χ1v) is 8.84. The number of carbonyl (C=O) groups excluding carboxylic acids is 1. The van der Waals surface area contributed by atoms with Crippen LogP contribution >= 0.6 is 0 Å². The topological polar surface area (TPSA) is 66.4 Å². The first-order valence-electron chi connectivity index (χ1n) is 8.84. The van der Waals surface area contributed by atoms with Crippen LogP contribution < -0.4 is 5.32 Å². The van der Waals surface area contributed by atoms with E-state index in [2.05, 4.69) is 24.4 Å². The summed E-state index contributed by atoms with van der Waals surface area (Å²) < 4.78 is 0. The Bertz CT molecular complexity index is 695. The van der Waals surface area contributed by atoms with Crippen molar-refractivity contribution in [3.63, 3.8) is 0 Å². The summed E-state index contributed by atoms with van der Waals surface area (Å²) in [5.41, 5.74) is 2.55. The fourth-order valence-electron chi connectivity index (χ4n) is 2.12. The zero-order valence-electron chi connectivity index (χ0n) is 15.4. The van der Waals surface area contributed by atoms with Gasteiger partial charge in [-0.1, -0.05) is 62.3 Å². The maximum atomic E-state index is 11.7. The highest BCUT2D eigenvalue weighted by molar-refractivity contribution is 5.92. The number of aryl methyl sites for hydroxylation is 1. The summed E-state index contributed by atoms with van der Waals surface area (Å²) in [6.07, 6.45) is 15.9. The van der Waals surface area contributed by atoms with Crippen molar-refractivity contribution >= 4 is 18.0 Å². The van der Waals surface area contributed by atoms with Crippen molar-refractivity contribution in [1.29, 1.82) is 0 Å². The third-order valence-corrected chi connectivity index (χ3v) is 3.70. The predicted octanol–water partition coefficient (Wildman–Crippen LogP) is 4.65. The van der Waals surface area contributed by atoms with Crippen molar-refractivity contribution in [2.75, 3.05) is 0 Å². The number of nitrogens with one attached hydrogen (secondary N) is 1. The standard InChI is InChI=1S/C22H27NO3/c1-3-4-6-10-19-11-13-20(14-12-19)15-16-21(24)23-17-8-5-7-9-18(2)22(25)26/h5,7-9,11-17H,3-4,6,10H2,1-2H3,(H,23,24)(H,25,26)/b7-5-,16-15+,17-8+,18-9+. The van der Waals surface area contributed by atoms with E-state index in [0.29, 0.717) is 0 Å². The number of unbranched alkanes of at least 4 members (excludes halogenated alkanes) is 2. The Morgan fingerprint density at radius 3 is 2.46 bits per heavy atom. The zero-order chi connectivity index (χ0) is 19.2. The molecule has 1 aromatic carbocycles. The highest BCUT2D eigenvalue weighted by atomic mass is 16.4. The number of hydrogen-bond donors (Lipinski definition) is 2. The summed E-state index contributed by atoms with van der Waals surface area (Å²) in [6.45, 7) is 3.71. The Hall–Kier alpha value is -2.88. The fourth-order valence-corrected chi connectivity index (χ4v) is 2.12. The van der Waals surface area contributed by atoms with Crippen LogP contribution in [0.15, 0.2) is 66.4 Å². The summed E-state index contributed by atoms with van der Waals surface area (Å²) in [5, 5.41) is 11.3. The van der Waals surface area contributed by atoms with Gasteiger partial charge in [-0.05, 0) is 43.0 Å². The van der Waals surface area contributed by atoms with Gasteiger partial charge in [0.05, 0.1) is 0 Å². The molecule has 0 fully saturated rings. The Labute approximate surface area is 155 Å². The highest BCUT2D eigenvalue weighted by Gasteiger charge is 1.96. The van der Waals surface area contributed by atoms with Crippen LogP contribution in [-0.2, 0) is 16.0 Å². The first-order chi connectivity index (χ1) is 12.5. The van der Waals surface area contributed by atoms with Crippen molar-refractivity contribution in [3.05, 3.63) is 77.5 Å². The number of carboxylic acid groups (broad SMARTS) is 1. The van der Waals surface area contributed by atoms with Crippen LogP contribution in [0.5, 0.6) is 0 Å². The summed E-state index contributed by atoms with van der Waals surface area (Å²) in [5.74, 6) is -1.18. The molecule has 26 heavy (non-hydrogen) atoms. The lowest BCUT2D eigenvalue weighted by atomic mass is 10.1. The van der Waals surface area contributed by atoms with Crippen LogP contribution in [0.3, 0.4) is 0 Å². The van der Waals surface area contributed by atoms with Crippen molar-refractivity contribution in [3.8, 4) is 0 Å². The molecule has 0 unspecified atom stereocenters. The number of aliphatic carboxylic acids is 1. The molecule has 0 bridgehead atoms. The van der Waals surface area contributed by atoms with E-state index in [0.717, 1.165) is 12.0 Å². The summed E-state index contributed by atoms with van der Waals surface area (Å²) in [6, 6.07) is 8.23. The van der Waals surface area contributed by atoms with Crippen LogP contribution in [-0.4, -0.2) is 17.0 Å². The van der Waals surface area contributed by atoms with Gasteiger partial charge >= 0.3 is 5.97 Å². The maximum absolute atomic E-state index is 11.7. The van der Waals surface area contributed by atoms with E-state index < -0.39 is 5.97 Å². The Kier molecular flexibility index (Phi) is 10.2. The van der Waals surface area contributed by atoms with E-state index in [-0.39, 0.29) is 11.5 Å². The van der Waals surface area contributed by atoms with Crippen LogP contribution in [0.1, 0.15) is 44.2 Å². The fraction of sp³-hybridized carbons (Fsp3) is 0.273. The molecule has 0 aromatic heterocycles. The van der Waals surface area contributed by atoms with Gasteiger partial charge in [0.25, 0.3) is 0 Å². The average molecular weight is 353 g/mol. The molecular weight excluding hydrogens is 326 g/mol. The Morgan fingerprint density at radius 1 is 1.08 bits per heavy atom. The van der Waals surface area contributed by atoms with Crippen LogP contribution in [0.2, 0.25) is 0 Å². The molecule has 0 saturated heterocycles. The minimum atomic E-state index is -0.953. The van der Waals surface area contributed by atoms with Crippen molar-refractivity contribution < 1.29 is 14.7 Å². The van der Waals surface area contributed by atoms with Crippen molar-refractivity contribution in [2.24, 2.45) is 0 Å². The maximum Gasteiger partial charge on any atom is 0.331 e. The van der Waals surface area contributed by atoms with E-state index >= 15 is 0 Å². The molecule has 138 valence electrons. The van der Waals surface area contributed by atoms with E-state index in [1.807, 2.05) is 12.1 Å². The molecule has 0 aliphatic carbocycles. The van der Waals surface area contributed by atoms with E-state index in [9.17, 15) is 9.59 Å². The van der Waals surface area contributed by atoms with Gasteiger partial charge in [0.1, 0.15) is 0 Å². The van der Waals surface area contributed by atoms with Gasteiger partial charge in [0, 0.05) is 17.8 Å². The third-order valence-electron chi connectivity index (χ3n) is 3.70. The molecule has 0 aliphatic heterocycles. The molecule has 0 radical (unpaired) electrons. The summed E-state index contributed by atoms with van der Waals surface area (Å²) in [7, 11) is 0. The second-order valence-corrected chi connectivity index (χ2v) is 5.94. The first kappa shape index (κ1) is 21.2. The molecule has 0 aliphatic rings. The van der Waals surface area contributed by atoms with Gasteiger partial charge in [-0.2, -0.15) is 0 Å². The van der Waals surface area contributed by atoms with Gasteiger partial charge in [-0.3, -0.25) is 4.79 Å². The lowest BCUT2D eigenvalue weighted by molar-refractivity contribution is -0.132. The Morgan fingerprint density at radius 2 is 1.81 bits per heavy atom. The van der Waals surface area contributed by atoms with Gasteiger partial charge in [0.15, 0.2) is 0 Å². The Balaban J connectivity index is 2.40.